The lowest BCUT2D eigenvalue weighted by Gasteiger charge is -2.29. The second-order valence-electron chi connectivity index (χ2n) is 5.67. The molecule has 0 bridgehead atoms. The van der Waals surface area contributed by atoms with Crippen LogP contribution in [0.2, 0.25) is 0 Å². The second-order valence-corrected chi connectivity index (χ2v) is 5.67. The zero-order valence-corrected chi connectivity index (χ0v) is 11.9. The van der Waals surface area contributed by atoms with Crippen LogP contribution in [0.15, 0.2) is 34.5 Å². The molecule has 1 spiro atoms. The lowest BCUT2D eigenvalue weighted by molar-refractivity contribution is 0.0702. The molecule has 5 nitrogen and oxygen atoms in total. The second kappa shape index (κ2) is 4.89. The van der Waals surface area contributed by atoms with E-state index >= 15 is 0 Å². The zero-order chi connectivity index (χ0) is 14.2. The first-order valence-electron chi connectivity index (χ1n) is 7.08. The number of carbonyl (C=O) groups is 1. The van der Waals surface area contributed by atoms with Crippen molar-refractivity contribution in [2.45, 2.75) is 38.5 Å². The van der Waals surface area contributed by atoms with Gasteiger partial charge in [-0.05, 0) is 38.1 Å². The molecule has 1 aromatic rings. The summed E-state index contributed by atoms with van der Waals surface area (Å²) in [6.45, 7) is 5.43. The average Bonchev–Trinajstić information content (AvgIpc) is 3.19. The maximum atomic E-state index is 12.4. The number of ether oxygens (including phenoxy) is 1. The smallest absolute Gasteiger partial charge is 0.253 e. The highest BCUT2D eigenvalue weighted by molar-refractivity contribution is 5.94. The molecule has 5 heteroatoms. The highest BCUT2D eigenvalue weighted by Crippen LogP contribution is 2.38. The summed E-state index contributed by atoms with van der Waals surface area (Å²) in [4.78, 5) is 14.3. The van der Waals surface area contributed by atoms with E-state index in [1.165, 1.54) is 0 Å². The van der Waals surface area contributed by atoms with Gasteiger partial charge in [-0.1, -0.05) is 0 Å². The van der Waals surface area contributed by atoms with E-state index in [9.17, 15) is 4.79 Å². The number of benzene rings is 1. The van der Waals surface area contributed by atoms with Crippen LogP contribution in [0, 0.1) is 0 Å². The van der Waals surface area contributed by atoms with Crippen molar-refractivity contribution in [3.63, 3.8) is 0 Å². The molecule has 1 saturated heterocycles. The van der Waals surface area contributed by atoms with E-state index in [1.54, 1.807) is 0 Å². The molecule has 2 aliphatic rings. The Kier molecular flexibility index (Phi) is 3.20. The zero-order valence-electron chi connectivity index (χ0n) is 11.9. The molecule has 0 atom stereocenters. The van der Waals surface area contributed by atoms with Gasteiger partial charge in [0.25, 0.3) is 5.91 Å². The Morgan fingerprint density at radius 3 is 2.30 bits per heavy atom. The fourth-order valence-corrected chi connectivity index (χ4v) is 2.47. The van der Waals surface area contributed by atoms with E-state index in [2.05, 4.69) is 10.2 Å². The molecule has 2 heterocycles. The number of hydrogen-bond acceptors (Lipinski definition) is 4. The normalized spacial score (nSPS) is 19.4. The molecule has 0 radical (unpaired) electrons. The van der Waals surface area contributed by atoms with E-state index in [-0.39, 0.29) is 17.7 Å². The summed E-state index contributed by atoms with van der Waals surface area (Å²) < 4.78 is 5.58. The third kappa shape index (κ3) is 2.66. The van der Waals surface area contributed by atoms with Crippen molar-refractivity contribution in [3.05, 3.63) is 29.8 Å². The third-order valence-electron chi connectivity index (χ3n) is 3.71. The predicted octanol–water partition coefficient (Wildman–Crippen LogP) is 2.87. The van der Waals surface area contributed by atoms with Crippen molar-refractivity contribution in [2.75, 3.05) is 13.1 Å². The highest BCUT2D eigenvalue weighted by Gasteiger charge is 2.43. The number of piperidine rings is 1. The number of nitrogens with zero attached hydrogens (tertiary/aromatic N) is 3. The molecule has 0 aromatic heterocycles. The number of rotatable bonds is 3. The molecule has 0 aliphatic carbocycles. The Hall–Kier alpha value is -1.91. The van der Waals surface area contributed by atoms with Crippen molar-refractivity contribution in [3.8, 4) is 5.75 Å². The molecular weight excluding hydrogens is 254 g/mol. The van der Waals surface area contributed by atoms with Gasteiger partial charge in [-0.2, -0.15) is 10.2 Å². The van der Waals surface area contributed by atoms with E-state index in [0.717, 1.165) is 31.7 Å². The van der Waals surface area contributed by atoms with E-state index in [1.807, 2.05) is 43.0 Å². The van der Waals surface area contributed by atoms with Crippen LogP contribution in [0.5, 0.6) is 5.75 Å². The van der Waals surface area contributed by atoms with Crippen LogP contribution >= 0.6 is 0 Å². The summed E-state index contributed by atoms with van der Waals surface area (Å²) in [6.07, 6.45) is 1.85. The monoisotopic (exact) mass is 273 g/mol. The van der Waals surface area contributed by atoms with E-state index < -0.39 is 0 Å². The van der Waals surface area contributed by atoms with Crippen LogP contribution in [0.25, 0.3) is 0 Å². The van der Waals surface area contributed by atoms with Crippen LogP contribution in [-0.4, -0.2) is 35.7 Å². The first-order valence-corrected chi connectivity index (χ1v) is 7.08. The molecule has 0 saturated carbocycles. The first-order chi connectivity index (χ1) is 9.58. The lowest BCUT2D eigenvalue weighted by Crippen LogP contribution is -2.41. The van der Waals surface area contributed by atoms with Gasteiger partial charge in [0.15, 0.2) is 5.66 Å². The summed E-state index contributed by atoms with van der Waals surface area (Å²) in [5.74, 6) is 0.876. The Bertz CT molecular complexity index is 521. The predicted molar refractivity (Wildman–Crippen MR) is 74.9 cm³/mol. The van der Waals surface area contributed by atoms with Gasteiger partial charge in [-0.25, -0.2) is 0 Å². The molecule has 0 N–H and O–H groups in total. The van der Waals surface area contributed by atoms with Gasteiger partial charge in [-0.15, -0.1) is 0 Å². The van der Waals surface area contributed by atoms with Gasteiger partial charge in [0.1, 0.15) is 5.75 Å². The summed E-state index contributed by atoms with van der Waals surface area (Å²) in [6, 6.07) is 7.36. The number of amides is 1. The van der Waals surface area contributed by atoms with Gasteiger partial charge in [-0.3, -0.25) is 4.79 Å². The molecular formula is C15H19N3O2. The van der Waals surface area contributed by atoms with Gasteiger partial charge in [0.05, 0.1) is 6.10 Å². The minimum atomic E-state index is -0.133. The minimum Gasteiger partial charge on any atom is -0.491 e. The number of hydrogen-bond donors (Lipinski definition) is 0. The maximum Gasteiger partial charge on any atom is 0.253 e. The fraction of sp³-hybridized carbons (Fsp3) is 0.533. The highest BCUT2D eigenvalue weighted by atomic mass is 16.5. The summed E-state index contributed by atoms with van der Waals surface area (Å²) in [5.41, 5.74) is 0.577. The van der Waals surface area contributed by atoms with Gasteiger partial charge in [0, 0.05) is 31.5 Å². The molecule has 1 amide bonds. The standard InChI is InChI=1S/C15H19N3O2/c1-11(2)20-13-5-3-12(4-6-13)14(19)18-9-7-15(8-10-18)16-17-15/h3-6,11H,7-10H2,1-2H3. The topological polar surface area (TPSA) is 54.3 Å². The Morgan fingerprint density at radius 1 is 1.20 bits per heavy atom. The quantitative estimate of drug-likeness (QED) is 0.850. The average molecular weight is 273 g/mol. The Labute approximate surface area is 118 Å². The lowest BCUT2D eigenvalue weighted by atomic mass is 10.0. The van der Waals surface area contributed by atoms with Crippen LogP contribution < -0.4 is 4.74 Å². The first kappa shape index (κ1) is 13.1. The number of carbonyl (C=O) groups excluding carboxylic acids is 1. The molecule has 106 valence electrons. The van der Waals surface area contributed by atoms with E-state index in [0.29, 0.717) is 5.56 Å². The van der Waals surface area contributed by atoms with Gasteiger partial charge in [0.2, 0.25) is 0 Å². The molecule has 20 heavy (non-hydrogen) atoms. The van der Waals surface area contributed by atoms with Crippen molar-refractivity contribution in [2.24, 2.45) is 10.2 Å². The Balaban J connectivity index is 1.62. The van der Waals surface area contributed by atoms with Crippen LogP contribution in [0.3, 0.4) is 0 Å². The third-order valence-corrected chi connectivity index (χ3v) is 3.71. The number of likely N-dealkylation sites (tertiary alicyclic amines) is 1. The SMILES string of the molecule is CC(C)Oc1ccc(C(=O)N2CCC3(CC2)N=N3)cc1. The van der Waals surface area contributed by atoms with E-state index in [4.69, 9.17) is 4.74 Å². The molecule has 2 aliphatic heterocycles. The van der Waals surface area contributed by atoms with Gasteiger partial charge >= 0.3 is 0 Å². The van der Waals surface area contributed by atoms with Crippen LogP contribution in [0.1, 0.15) is 37.0 Å². The summed E-state index contributed by atoms with van der Waals surface area (Å²) in [7, 11) is 0. The summed E-state index contributed by atoms with van der Waals surface area (Å²) in [5, 5.41) is 8.14. The minimum absolute atomic E-state index is 0.0802. The fourth-order valence-electron chi connectivity index (χ4n) is 2.47. The van der Waals surface area contributed by atoms with Crippen molar-refractivity contribution in [1.82, 2.24) is 4.90 Å². The Morgan fingerprint density at radius 2 is 1.80 bits per heavy atom. The molecule has 1 fully saturated rings. The molecule has 0 unspecified atom stereocenters. The molecule has 3 rings (SSSR count). The van der Waals surface area contributed by atoms with Crippen molar-refractivity contribution in [1.29, 1.82) is 0 Å². The van der Waals surface area contributed by atoms with Crippen LogP contribution in [-0.2, 0) is 0 Å². The van der Waals surface area contributed by atoms with Crippen molar-refractivity contribution < 1.29 is 9.53 Å². The van der Waals surface area contributed by atoms with Gasteiger partial charge < -0.3 is 9.64 Å². The largest absolute Gasteiger partial charge is 0.491 e. The summed E-state index contributed by atoms with van der Waals surface area (Å²) >= 11 is 0. The molecule has 1 aromatic carbocycles. The maximum absolute atomic E-state index is 12.4. The van der Waals surface area contributed by atoms with Crippen molar-refractivity contribution >= 4 is 5.91 Å². The van der Waals surface area contributed by atoms with Crippen LogP contribution in [0.4, 0.5) is 0 Å².